The number of rotatable bonds is 4. The van der Waals surface area contributed by atoms with Crippen LogP contribution in [-0.2, 0) is 12.8 Å². The van der Waals surface area contributed by atoms with Gasteiger partial charge in [0.1, 0.15) is 0 Å². The molecule has 0 spiro atoms. The predicted molar refractivity (Wildman–Crippen MR) is 121 cm³/mol. The molecule has 0 saturated carbocycles. The Balaban J connectivity index is 1.51. The molecule has 3 aromatic carbocycles. The number of allylic oxidation sites excluding steroid dienone is 4. The van der Waals surface area contributed by atoms with E-state index >= 15 is 0 Å². The average molecular weight is 374 g/mol. The second-order valence-electron chi connectivity index (χ2n) is 7.38. The fourth-order valence-electron chi connectivity index (χ4n) is 3.98. The first-order valence-corrected chi connectivity index (χ1v) is 10.1. The van der Waals surface area contributed by atoms with Crippen LogP contribution in [0.4, 0.5) is 11.4 Å². The van der Waals surface area contributed by atoms with Crippen molar-refractivity contribution in [1.82, 2.24) is 0 Å². The molecule has 0 saturated heterocycles. The summed E-state index contributed by atoms with van der Waals surface area (Å²) < 4.78 is 0. The largest absolute Gasteiger partial charge is 0.359 e. The van der Waals surface area contributed by atoms with Crippen LogP contribution in [0.1, 0.15) is 28.7 Å². The van der Waals surface area contributed by atoms with Gasteiger partial charge in [-0.25, -0.2) is 0 Å². The molecule has 2 aliphatic carbocycles. The molecule has 0 aromatic heterocycles. The maximum atomic E-state index is 3.69. The summed E-state index contributed by atoms with van der Waals surface area (Å²) in [4.78, 5) is 0. The van der Waals surface area contributed by atoms with Gasteiger partial charge in [-0.15, -0.1) is 0 Å². The SMILES string of the molecule is c1ccc2c(c#1)C(Nc1cccc3c1CCC=C3)=CC=C(Nc1ccccc1)C2. The lowest BCUT2D eigenvalue weighted by molar-refractivity contribution is 0.988. The molecule has 0 fully saturated rings. The minimum absolute atomic E-state index is 0.826. The third-order valence-electron chi connectivity index (χ3n) is 5.41. The molecule has 0 unspecified atom stereocenters. The predicted octanol–water partition coefficient (Wildman–Crippen LogP) is 6.25. The van der Waals surface area contributed by atoms with Crippen molar-refractivity contribution in [2.75, 3.05) is 10.6 Å². The van der Waals surface area contributed by atoms with Gasteiger partial charge in [0.2, 0.25) is 0 Å². The van der Waals surface area contributed by atoms with Crippen molar-refractivity contribution >= 4 is 23.1 Å². The normalized spacial score (nSPS) is 14.5. The smallest absolute Gasteiger partial charge is 0.0547 e. The Morgan fingerprint density at radius 3 is 2.72 bits per heavy atom. The van der Waals surface area contributed by atoms with Gasteiger partial charge in [0.15, 0.2) is 0 Å². The van der Waals surface area contributed by atoms with Crippen LogP contribution in [-0.4, -0.2) is 0 Å². The zero-order chi connectivity index (χ0) is 19.5. The molecule has 2 nitrogen and oxygen atoms in total. The van der Waals surface area contributed by atoms with Gasteiger partial charge in [-0.05, 0) is 72.0 Å². The molecule has 3 aromatic rings. The van der Waals surface area contributed by atoms with E-state index in [2.05, 4.69) is 83.5 Å². The zero-order valence-electron chi connectivity index (χ0n) is 16.2. The van der Waals surface area contributed by atoms with E-state index in [9.17, 15) is 0 Å². The van der Waals surface area contributed by atoms with Crippen molar-refractivity contribution in [2.45, 2.75) is 19.3 Å². The minimum Gasteiger partial charge on any atom is -0.359 e. The first-order valence-electron chi connectivity index (χ1n) is 10.1. The standard InChI is InChI=1S/C27H22N2/c1-2-12-22(13-3-1)28-23-17-18-27(25-15-7-5-10-21(25)19-23)29-26-16-8-11-20-9-4-6-14-24(20)26/h1-5,8-13,16-18,28-29H,6,14,19H2. The highest BCUT2D eigenvalue weighted by Gasteiger charge is 2.16. The summed E-state index contributed by atoms with van der Waals surface area (Å²) in [7, 11) is 0. The van der Waals surface area contributed by atoms with Crippen LogP contribution < -0.4 is 10.6 Å². The van der Waals surface area contributed by atoms with Crippen molar-refractivity contribution in [2.24, 2.45) is 0 Å². The molecule has 140 valence electrons. The average Bonchev–Trinajstić information content (AvgIpc) is 2.94. The lowest BCUT2D eigenvalue weighted by atomic mass is 9.95. The molecule has 2 N–H and O–H groups in total. The summed E-state index contributed by atoms with van der Waals surface area (Å²) in [6.45, 7) is 0. The van der Waals surface area contributed by atoms with Gasteiger partial charge in [0.25, 0.3) is 0 Å². The minimum atomic E-state index is 0.826. The quantitative estimate of drug-likeness (QED) is 0.564. The van der Waals surface area contributed by atoms with Crippen LogP contribution >= 0.6 is 0 Å². The molecule has 0 amide bonds. The van der Waals surface area contributed by atoms with Gasteiger partial charge < -0.3 is 10.6 Å². The first kappa shape index (κ1) is 17.4. The summed E-state index contributed by atoms with van der Waals surface area (Å²) in [6, 6.07) is 27.3. The second kappa shape index (κ2) is 7.73. The third kappa shape index (κ3) is 3.68. The van der Waals surface area contributed by atoms with E-state index in [0.29, 0.717) is 0 Å². The van der Waals surface area contributed by atoms with Crippen LogP contribution in [0.25, 0.3) is 11.8 Å². The molecule has 0 atom stereocenters. The van der Waals surface area contributed by atoms with Crippen LogP contribution in [0, 0.1) is 12.1 Å². The molecule has 0 bridgehead atoms. The molecule has 2 heteroatoms. The Morgan fingerprint density at radius 1 is 0.862 bits per heavy atom. The Labute approximate surface area is 172 Å². The van der Waals surface area contributed by atoms with Crippen LogP contribution in [0.5, 0.6) is 0 Å². The number of benzene rings is 2. The molecule has 2 aliphatic rings. The summed E-state index contributed by atoms with van der Waals surface area (Å²) in [5, 5.41) is 7.24. The fourth-order valence-corrected chi connectivity index (χ4v) is 3.98. The third-order valence-corrected chi connectivity index (χ3v) is 5.41. The lowest BCUT2D eigenvalue weighted by Crippen LogP contribution is -2.06. The van der Waals surface area contributed by atoms with E-state index in [0.717, 1.165) is 41.9 Å². The van der Waals surface area contributed by atoms with Gasteiger partial charge >= 0.3 is 0 Å². The Bertz CT molecular complexity index is 1120. The number of hydrogen-bond donors (Lipinski definition) is 2. The van der Waals surface area contributed by atoms with Gasteiger partial charge in [-0.1, -0.05) is 54.6 Å². The van der Waals surface area contributed by atoms with Crippen molar-refractivity contribution in [3.8, 4) is 0 Å². The molecular weight excluding hydrogens is 352 g/mol. The Kier molecular flexibility index (Phi) is 4.64. The van der Waals surface area contributed by atoms with Gasteiger partial charge in [0.05, 0.1) is 11.3 Å². The van der Waals surface area contributed by atoms with Crippen LogP contribution in [0.15, 0.2) is 84.6 Å². The van der Waals surface area contributed by atoms with Gasteiger partial charge in [-0.3, -0.25) is 0 Å². The molecule has 0 aliphatic heterocycles. The van der Waals surface area contributed by atoms with E-state index < -0.39 is 0 Å². The molecule has 0 heterocycles. The lowest BCUT2D eigenvalue weighted by Gasteiger charge is -2.18. The van der Waals surface area contributed by atoms with Crippen molar-refractivity contribution < 1.29 is 0 Å². The van der Waals surface area contributed by atoms with Crippen molar-refractivity contribution in [1.29, 1.82) is 0 Å². The number of anilines is 2. The van der Waals surface area contributed by atoms with Crippen molar-refractivity contribution in [3.05, 3.63) is 119 Å². The highest BCUT2D eigenvalue weighted by molar-refractivity contribution is 5.82. The molecule has 5 rings (SSSR count). The first-order chi connectivity index (χ1) is 14.4. The van der Waals surface area contributed by atoms with Gasteiger partial charge in [-0.2, -0.15) is 0 Å². The van der Waals surface area contributed by atoms with E-state index in [-0.39, 0.29) is 0 Å². The molecule has 29 heavy (non-hydrogen) atoms. The topological polar surface area (TPSA) is 24.1 Å². The highest BCUT2D eigenvalue weighted by Crippen LogP contribution is 2.31. The molecule has 0 radical (unpaired) electrons. The van der Waals surface area contributed by atoms with Crippen LogP contribution in [0.3, 0.4) is 0 Å². The summed E-state index contributed by atoms with van der Waals surface area (Å²) in [5.74, 6) is 0. The maximum absolute atomic E-state index is 3.69. The summed E-state index contributed by atoms with van der Waals surface area (Å²) >= 11 is 0. The number of hydrogen-bond acceptors (Lipinski definition) is 2. The summed E-state index contributed by atoms with van der Waals surface area (Å²) in [5.41, 5.74) is 9.50. The highest BCUT2D eigenvalue weighted by atomic mass is 14.9. The van der Waals surface area contributed by atoms with E-state index in [4.69, 9.17) is 0 Å². The number of para-hydroxylation sites is 1. The zero-order valence-corrected chi connectivity index (χ0v) is 16.2. The number of fused-ring (bicyclic) bond motifs is 2. The Morgan fingerprint density at radius 2 is 1.79 bits per heavy atom. The molecular formula is C27H22N2. The number of nitrogens with one attached hydrogen (secondary N) is 2. The van der Waals surface area contributed by atoms with E-state index in [1.807, 2.05) is 24.3 Å². The fraction of sp³-hybridized carbons (Fsp3) is 0.111. The van der Waals surface area contributed by atoms with Gasteiger partial charge in [0, 0.05) is 23.5 Å². The maximum Gasteiger partial charge on any atom is 0.0547 e. The monoisotopic (exact) mass is 374 g/mol. The summed E-state index contributed by atoms with van der Waals surface area (Å²) in [6.07, 6.45) is 11.8. The van der Waals surface area contributed by atoms with Crippen molar-refractivity contribution in [3.63, 3.8) is 0 Å². The van der Waals surface area contributed by atoms with E-state index in [1.165, 1.54) is 22.4 Å². The van der Waals surface area contributed by atoms with Crippen LogP contribution in [0.2, 0.25) is 0 Å². The van der Waals surface area contributed by atoms with E-state index in [1.54, 1.807) is 0 Å². The Hall–Kier alpha value is -3.70. The second-order valence-corrected chi connectivity index (χ2v) is 7.38.